The standard InChI is InChI=1S/6CN.Fe.2Mn/c6*1-2;;;/q6*-1;;;+2. The van der Waals surface area contributed by atoms with E-state index in [1.54, 1.807) is 0 Å². The van der Waals surface area contributed by atoms with Crippen molar-refractivity contribution < 1.29 is 44.4 Å². The van der Waals surface area contributed by atoms with Crippen molar-refractivity contribution in [3.05, 3.63) is 39.4 Å². The van der Waals surface area contributed by atoms with Crippen molar-refractivity contribution in [3.63, 3.8) is 0 Å². The molecule has 9 heteroatoms. The van der Waals surface area contributed by atoms with Gasteiger partial charge in [-0.15, -0.1) is 0 Å². The van der Waals surface area contributed by atoms with Gasteiger partial charge in [0.15, 0.2) is 0 Å². The summed E-state index contributed by atoms with van der Waals surface area (Å²) >= 11 is 5.75. The maximum absolute atomic E-state index is 6.25. The minimum absolute atomic E-state index is 0. The molecule has 0 bridgehead atoms. The summed E-state index contributed by atoms with van der Waals surface area (Å²) < 4.78 is 0. The van der Waals surface area contributed by atoms with Gasteiger partial charge in [-0.1, -0.05) is 0 Å². The molecule has 15 heavy (non-hydrogen) atoms. The Hall–Kier alpha value is -1.50. The molecule has 0 heterocycles. The van der Waals surface area contributed by atoms with Crippen LogP contribution in [0, 0.1) is 71.0 Å². The Labute approximate surface area is 115 Å². The summed E-state index contributed by atoms with van der Waals surface area (Å²) in [5.74, 6) is 0. The molecule has 0 aliphatic rings. The van der Waals surface area contributed by atoms with Crippen molar-refractivity contribution in [1.29, 1.82) is 31.6 Å². The van der Waals surface area contributed by atoms with Gasteiger partial charge in [0.05, 0.1) is 0 Å². The van der Waals surface area contributed by atoms with E-state index in [1.165, 1.54) is 0 Å². The van der Waals surface area contributed by atoms with Crippen molar-refractivity contribution in [2.75, 3.05) is 0 Å². The molecule has 0 aromatic carbocycles. The second kappa shape index (κ2) is 733. The van der Waals surface area contributed by atoms with E-state index in [0.717, 1.165) is 0 Å². The topological polar surface area (TPSA) is 143 Å². The molecule has 0 fully saturated rings. The van der Waals surface area contributed by atoms with Crippen LogP contribution in [0.1, 0.15) is 0 Å². The van der Waals surface area contributed by atoms with Crippen LogP contribution in [-0.4, -0.2) is 0 Å². The van der Waals surface area contributed by atoms with E-state index in [1.807, 2.05) is 0 Å². The average Bonchev–Trinajstić information content (AvgIpc) is 2.45. The monoisotopic (exact) mass is 322 g/mol. The quantitative estimate of drug-likeness (QED) is 0.471. The Kier molecular flexibility index (Phi) is 3410. The Bertz CT molecular complexity index is 112. The summed E-state index contributed by atoms with van der Waals surface area (Å²) in [7, 11) is 0. The Morgan fingerprint density at radius 3 is 0.467 bits per heavy atom. The van der Waals surface area contributed by atoms with Gasteiger partial charge in [-0.2, -0.15) is 0 Å². The van der Waals surface area contributed by atoms with Crippen LogP contribution in [-0.2, 0) is 44.4 Å². The second-order valence-corrected chi connectivity index (χ2v) is 0. The molecule has 0 aromatic heterocycles. The number of nitrogens with zero attached hydrogens (tertiary/aromatic N) is 6. The van der Waals surface area contributed by atoms with E-state index in [0.29, 0.717) is 0 Å². The molecule has 0 spiro atoms. The van der Waals surface area contributed by atoms with Crippen LogP contribution in [0.15, 0.2) is 0 Å². The first-order chi connectivity index (χ1) is 7.00. The molecule has 1 radical (unpaired) electrons. The summed E-state index contributed by atoms with van der Waals surface area (Å²) in [6.07, 6.45) is 0. The van der Waals surface area contributed by atoms with Gasteiger partial charge in [-0.05, 0) is 0 Å². The van der Waals surface area contributed by atoms with Gasteiger partial charge in [0, 0.05) is 0 Å². The average molecular weight is 322 g/mol. The zero-order chi connectivity index (χ0) is 14.0. The Morgan fingerprint density at radius 1 is 0.467 bits per heavy atom. The van der Waals surface area contributed by atoms with Crippen molar-refractivity contribution in [3.8, 4) is 0 Å². The summed E-state index contributed by atoms with van der Waals surface area (Å²) in [6, 6.07) is 0. The molecule has 0 N–H and O–H groups in total. The predicted molar refractivity (Wildman–Crippen MR) is 29.8 cm³/mol. The fraction of sp³-hybridized carbons (Fsp3) is 0. The first-order valence-corrected chi connectivity index (χ1v) is 3.61. The minimum atomic E-state index is 0. The van der Waals surface area contributed by atoms with Crippen LogP contribution in [0.4, 0.5) is 0 Å². The first-order valence-electron chi connectivity index (χ1n) is 1.48. The van der Waals surface area contributed by atoms with Crippen LogP contribution < -0.4 is 0 Å². The zero-order valence-corrected chi connectivity index (χ0v) is 10.3. The van der Waals surface area contributed by atoms with Gasteiger partial charge in [0.2, 0.25) is 0 Å². The normalized spacial score (nSPS) is 1.13. The number of hydrogen-bond acceptors (Lipinski definition) is 6. The van der Waals surface area contributed by atoms with E-state index in [-0.39, 0.29) is 17.1 Å². The third-order valence-electron chi connectivity index (χ3n) is 0. The Balaban J connectivity index is -0.00000000628. The van der Waals surface area contributed by atoms with E-state index < -0.39 is 0 Å². The molecule has 0 amide bonds. The predicted octanol–water partition coefficient (Wildman–Crippen LogP) is 0.571. The fourth-order valence-corrected chi connectivity index (χ4v) is 0. The summed E-state index contributed by atoms with van der Waals surface area (Å²) in [5, 5.41) is 37.5. The van der Waals surface area contributed by atoms with Gasteiger partial charge < -0.3 is 71.0 Å². The summed E-state index contributed by atoms with van der Waals surface area (Å²) in [4.78, 5) is 0. The second-order valence-electron chi connectivity index (χ2n) is 0. The van der Waals surface area contributed by atoms with Gasteiger partial charge in [0.1, 0.15) is 0 Å². The zero-order valence-electron chi connectivity index (χ0n) is 6.79. The molecule has 0 saturated heterocycles. The molecular weight excluding hydrogens is 322 g/mol. The van der Waals surface area contributed by atoms with E-state index in [9.17, 15) is 0 Å². The van der Waals surface area contributed by atoms with Gasteiger partial charge in [-0.25, -0.2) is 0 Å². The van der Waals surface area contributed by atoms with Crippen molar-refractivity contribution in [2.24, 2.45) is 0 Å². The molecule has 0 atom stereocenters. The van der Waals surface area contributed by atoms with Crippen LogP contribution in [0.2, 0.25) is 0 Å². The van der Waals surface area contributed by atoms with Crippen molar-refractivity contribution >= 4 is 0 Å². The van der Waals surface area contributed by atoms with Crippen LogP contribution in [0.3, 0.4) is 0 Å². The number of hydrogen-bond donors (Lipinski definition) is 0. The molecule has 0 aliphatic heterocycles. The molecule has 0 saturated carbocycles. The van der Waals surface area contributed by atoms with E-state index in [4.69, 9.17) is 71.0 Å². The van der Waals surface area contributed by atoms with E-state index >= 15 is 0 Å². The SMILES string of the molecule is [C-]#N.[C-]#N.[C-]#N.[C-]#N.[C-]#N.[C-]#N.[Mn+2].[Mn]=[Fe]. The molecule has 80 valence electrons. The third kappa shape index (κ3) is 611. The van der Waals surface area contributed by atoms with Gasteiger partial charge >= 0.3 is 44.4 Å². The molecule has 0 aromatic rings. The van der Waals surface area contributed by atoms with Crippen LogP contribution in [0.25, 0.3) is 0 Å². The molecule has 0 unspecified atom stereocenters. The Morgan fingerprint density at radius 2 is 0.467 bits per heavy atom. The van der Waals surface area contributed by atoms with Crippen LogP contribution >= 0.6 is 0 Å². The van der Waals surface area contributed by atoms with Gasteiger partial charge in [-0.3, -0.25) is 0 Å². The van der Waals surface area contributed by atoms with E-state index in [2.05, 4.69) is 27.3 Å². The molecular formula is C6FeMn2N6-4. The van der Waals surface area contributed by atoms with Crippen molar-refractivity contribution in [1.82, 2.24) is 0 Å². The summed E-state index contributed by atoms with van der Waals surface area (Å²) in [5.41, 5.74) is 0. The fourth-order valence-electron chi connectivity index (χ4n) is 0. The third-order valence-corrected chi connectivity index (χ3v) is 0. The molecule has 0 aliphatic carbocycles. The van der Waals surface area contributed by atoms with Crippen LogP contribution in [0.5, 0.6) is 0 Å². The summed E-state index contributed by atoms with van der Waals surface area (Å²) in [6.45, 7) is 28.5. The first kappa shape index (κ1) is 69.7. The van der Waals surface area contributed by atoms with Crippen molar-refractivity contribution in [2.45, 2.75) is 0 Å². The number of rotatable bonds is 0. The maximum atomic E-state index is 6.25. The molecule has 0 rings (SSSR count). The molecule has 6 nitrogen and oxygen atoms in total. The van der Waals surface area contributed by atoms with Gasteiger partial charge in [0.25, 0.3) is 0 Å².